The molecule has 0 heterocycles. The van der Waals surface area contributed by atoms with Gasteiger partial charge in [0.15, 0.2) is 5.78 Å². The van der Waals surface area contributed by atoms with E-state index >= 15 is 0 Å². The summed E-state index contributed by atoms with van der Waals surface area (Å²) in [5.74, 6) is -4.48. The molecule has 1 rings (SSSR count). The number of Topliss-reactive ketones (excluding diaryl/α,β-unsaturated/α-hetero) is 3. The van der Waals surface area contributed by atoms with E-state index in [4.69, 9.17) is 5.11 Å². The Balaban J connectivity index is 3.31. The monoisotopic (exact) mass is 220 g/mol. The van der Waals surface area contributed by atoms with Crippen LogP contribution in [0.2, 0.25) is 0 Å². The second-order valence-corrected chi connectivity index (χ2v) is 3.07. The molecule has 1 aromatic carbocycles. The summed E-state index contributed by atoms with van der Waals surface area (Å²) in [6.07, 6.45) is 0. The summed E-state index contributed by atoms with van der Waals surface area (Å²) in [5, 5.41) is 8.53. The lowest BCUT2D eigenvalue weighted by molar-refractivity contribution is -0.131. The number of hydrogen-bond acceptors (Lipinski definition) is 4. The predicted octanol–water partition coefficient (Wildman–Crippen LogP) is 0.726. The predicted molar refractivity (Wildman–Crippen MR) is 53.4 cm³/mol. The number of carbonyl (C=O) groups is 4. The van der Waals surface area contributed by atoms with Crippen LogP contribution < -0.4 is 0 Å². The van der Waals surface area contributed by atoms with Crippen molar-refractivity contribution >= 4 is 23.3 Å². The molecule has 0 radical (unpaired) electrons. The van der Waals surface area contributed by atoms with Crippen molar-refractivity contribution in [3.05, 3.63) is 35.4 Å². The lowest BCUT2D eigenvalue weighted by atomic mass is 9.98. The van der Waals surface area contributed by atoms with E-state index in [2.05, 4.69) is 0 Å². The highest BCUT2D eigenvalue weighted by Crippen LogP contribution is 2.11. The molecule has 0 aliphatic carbocycles. The van der Waals surface area contributed by atoms with Crippen LogP contribution in [0, 0.1) is 0 Å². The number of aliphatic carboxylic acids is 1. The van der Waals surface area contributed by atoms with Gasteiger partial charge in [-0.2, -0.15) is 0 Å². The molecule has 0 saturated heterocycles. The average Bonchev–Trinajstić information content (AvgIpc) is 2.26. The van der Waals surface area contributed by atoms with Crippen LogP contribution in [0.25, 0.3) is 0 Å². The first-order chi connectivity index (χ1) is 7.45. The molecule has 0 unspecified atom stereocenters. The highest BCUT2D eigenvalue weighted by atomic mass is 16.4. The van der Waals surface area contributed by atoms with Gasteiger partial charge in [-0.3, -0.25) is 14.4 Å². The van der Waals surface area contributed by atoms with Gasteiger partial charge in [-0.1, -0.05) is 24.3 Å². The van der Waals surface area contributed by atoms with E-state index in [1.165, 1.54) is 24.3 Å². The van der Waals surface area contributed by atoms with Gasteiger partial charge in [0.1, 0.15) is 0 Å². The number of carboxylic acids is 1. The van der Waals surface area contributed by atoms with Crippen molar-refractivity contribution < 1.29 is 24.3 Å². The van der Waals surface area contributed by atoms with Gasteiger partial charge in [-0.15, -0.1) is 0 Å². The lowest BCUT2D eigenvalue weighted by Crippen LogP contribution is -2.19. The maximum Gasteiger partial charge on any atom is 0.377 e. The van der Waals surface area contributed by atoms with Crippen LogP contribution in [-0.4, -0.2) is 28.4 Å². The van der Waals surface area contributed by atoms with Crippen LogP contribution in [0.3, 0.4) is 0 Å². The molecule has 0 aromatic heterocycles. The molecular weight excluding hydrogens is 212 g/mol. The van der Waals surface area contributed by atoms with Crippen molar-refractivity contribution in [3.63, 3.8) is 0 Å². The van der Waals surface area contributed by atoms with Crippen molar-refractivity contribution in [2.45, 2.75) is 6.92 Å². The summed E-state index contributed by atoms with van der Waals surface area (Å²) in [4.78, 5) is 44.0. The minimum absolute atomic E-state index is 0.178. The second kappa shape index (κ2) is 4.48. The number of carboxylic acid groups (broad SMARTS) is 1. The Bertz CT molecular complexity index is 442. The second-order valence-electron chi connectivity index (χ2n) is 3.07. The van der Waals surface area contributed by atoms with Crippen LogP contribution in [0.4, 0.5) is 0 Å². The van der Waals surface area contributed by atoms with Gasteiger partial charge in [0.25, 0.3) is 5.78 Å². The molecule has 0 amide bonds. The third-order valence-electron chi connectivity index (χ3n) is 1.93. The Morgan fingerprint density at radius 2 is 1.38 bits per heavy atom. The Morgan fingerprint density at radius 3 is 1.75 bits per heavy atom. The largest absolute Gasteiger partial charge is 0.475 e. The number of benzene rings is 1. The molecule has 0 atom stereocenters. The SMILES string of the molecule is CC(=O)C(=O)c1ccccc1C(=O)C(=O)O. The fraction of sp³-hybridized carbons (Fsp3) is 0.0909. The van der Waals surface area contributed by atoms with Crippen molar-refractivity contribution in [3.8, 4) is 0 Å². The van der Waals surface area contributed by atoms with Gasteiger partial charge < -0.3 is 5.11 Å². The van der Waals surface area contributed by atoms with E-state index in [1.807, 2.05) is 0 Å². The molecule has 1 N–H and O–H groups in total. The Kier molecular flexibility index (Phi) is 3.30. The maximum atomic E-state index is 11.4. The summed E-state index contributed by atoms with van der Waals surface area (Å²) in [7, 11) is 0. The third kappa shape index (κ3) is 2.20. The number of carbonyl (C=O) groups excluding carboxylic acids is 3. The highest BCUT2D eigenvalue weighted by Gasteiger charge is 2.23. The minimum atomic E-state index is -1.66. The summed E-state index contributed by atoms with van der Waals surface area (Å²) in [5.41, 5.74) is -0.447. The summed E-state index contributed by atoms with van der Waals surface area (Å²) >= 11 is 0. The minimum Gasteiger partial charge on any atom is -0.475 e. The summed E-state index contributed by atoms with van der Waals surface area (Å²) < 4.78 is 0. The maximum absolute atomic E-state index is 11.4. The molecule has 0 aliphatic rings. The van der Waals surface area contributed by atoms with Gasteiger partial charge >= 0.3 is 5.97 Å². The molecular formula is C11H8O5. The number of ketones is 3. The first kappa shape index (κ1) is 11.8. The smallest absolute Gasteiger partial charge is 0.377 e. The van der Waals surface area contributed by atoms with E-state index in [0.29, 0.717) is 0 Å². The van der Waals surface area contributed by atoms with Crippen LogP contribution in [0.1, 0.15) is 27.6 Å². The lowest BCUT2D eigenvalue weighted by Gasteiger charge is -2.02. The Morgan fingerprint density at radius 1 is 0.938 bits per heavy atom. The molecule has 1 aromatic rings. The summed E-state index contributed by atoms with van der Waals surface area (Å²) in [6.45, 7) is 1.06. The topological polar surface area (TPSA) is 88.5 Å². The van der Waals surface area contributed by atoms with Crippen molar-refractivity contribution in [1.29, 1.82) is 0 Å². The fourth-order valence-corrected chi connectivity index (χ4v) is 1.18. The zero-order valence-corrected chi connectivity index (χ0v) is 8.39. The van der Waals surface area contributed by atoms with Crippen LogP contribution in [0.5, 0.6) is 0 Å². The quantitative estimate of drug-likeness (QED) is 0.596. The molecule has 5 nitrogen and oxygen atoms in total. The zero-order chi connectivity index (χ0) is 12.3. The fourth-order valence-electron chi connectivity index (χ4n) is 1.18. The van der Waals surface area contributed by atoms with Crippen molar-refractivity contribution in [2.75, 3.05) is 0 Å². The van der Waals surface area contributed by atoms with E-state index in [9.17, 15) is 19.2 Å². The molecule has 82 valence electrons. The van der Waals surface area contributed by atoms with E-state index < -0.39 is 23.3 Å². The molecule has 16 heavy (non-hydrogen) atoms. The Labute approximate surface area is 90.7 Å². The van der Waals surface area contributed by atoms with Crippen molar-refractivity contribution in [2.24, 2.45) is 0 Å². The molecule has 5 heteroatoms. The van der Waals surface area contributed by atoms with Crippen LogP contribution in [0.15, 0.2) is 24.3 Å². The van der Waals surface area contributed by atoms with E-state index in [0.717, 1.165) is 6.92 Å². The first-order valence-electron chi connectivity index (χ1n) is 4.37. The Hall–Kier alpha value is -2.30. The number of hydrogen-bond donors (Lipinski definition) is 1. The van der Waals surface area contributed by atoms with Gasteiger partial charge in [0.05, 0.1) is 0 Å². The average molecular weight is 220 g/mol. The van der Waals surface area contributed by atoms with E-state index in [1.54, 1.807) is 0 Å². The number of rotatable bonds is 4. The van der Waals surface area contributed by atoms with Crippen molar-refractivity contribution in [1.82, 2.24) is 0 Å². The van der Waals surface area contributed by atoms with Gasteiger partial charge in [0.2, 0.25) is 5.78 Å². The molecule has 0 aliphatic heterocycles. The zero-order valence-electron chi connectivity index (χ0n) is 8.39. The first-order valence-corrected chi connectivity index (χ1v) is 4.37. The van der Waals surface area contributed by atoms with Gasteiger partial charge in [-0.25, -0.2) is 4.79 Å². The van der Waals surface area contributed by atoms with E-state index in [-0.39, 0.29) is 11.1 Å². The molecule has 0 saturated carbocycles. The normalized spacial score (nSPS) is 9.56. The molecule has 0 fully saturated rings. The molecule has 0 bridgehead atoms. The molecule has 0 spiro atoms. The van der Waals surface area contributed by atoms with Crippen LogP contribution in [-0.2, 0) is 9.59 Å². The summed E-state index contributed by atoms with van der Waals surface area (Å²) in [6, 6.07) is 5.33. The van der Waals surface area contributed by atoms with Gasteiger partial charge in [-0.05, 0) is 0 Å². The highest BCUT2D eigenvalue weighted by molar-refractivity contribution is 6.47. The third-order valence-corrected chi connectivity index (χ3v) is 1.93. The standard InChI is InChI=1S/C11H8O5/c1-6(12)9(13)7-4-2-3-5-8(7)10(14)11(15)16/h2-5H,1H3,(H,15,16). The van der Waals surface area contributed by atoms with Gasteiger partial charge in [0, 0.05) is 18.1 Å². The van der Waals surface area contributed by atoms with Crippen LogP contribution >= 0.6 is 0 Å².